The lowest BCUT2D eigenvalue weighted by molar-refractivity contribution is -0.127. The normalized spacial score (nSPS) is 17.4. The predicted octanol–water partition coefficient (Wildman–Crippen LogP) is 3.69. The molecule has 6 heteroatoms. The van der Waals surface area contributed by atoms with Crippen molar-refractivity contribution in [2.45, 2.75) is 46.5 Å². The van der Waals surface area contributed by atoms with Gasteiger partial charge in [0.1, 0.15) is 0 Å². The summed E-state index contributed by atoms with van der Waals surface area (Å²) in [4.78, 5) is 18.6. The molecule has 2 N–H and O–H groups in total. The fraction of sp³-hybridized carbons (Fsp3) is 0.636. The molecule has 0 aromatic heterocycles. The van der Waals surface area contributed by atoms with Crippen LogP contribution in [0.25, 0.3) is 0 Å². The van der Waals surface area contributed by atoms with Crippen molar-refractivity contribution < 1.29 is 4.79 Å². The van der Waals surface area contributed by atoms with Crippen molar-refractivity contribution in [1.82, 2.24) is 15.5 Å². The minimum atomic E-state index is 0. The van der Waals surface area contributed by atoms with Crippen LogP contribution in [0.1, 0.15) is 45.6 Å². The highest BCUT2D eigenvalue weighted by Crippen LogP contribution is 2.20. The summed E-state index contributed by atoms with van der Waals surface area (Å²) in [5, 5.41) is 6.76. The van der Waals surface area contributed by atoms with E-state index in [9.17, 15) is 4.79 Å². The third-order valence-electron chi connectivity index (χ3n) is 4.99. The molecule has 0 bridgehead atoms. The smallest absolute Gasteiger partial charge is 0.223 e. The highest BCUT2D eigenvalue weighted by atomic mass is 127. The average Bonchev–Trinajstić information content (AvgIpc) is 2.99. The number of hydrogen-bond acceptors (Lipinski definition) is 2. The molecule has 1 amide bonds. The summed E-state index contributed by atoms with van der Waals surface area (Å²) in [5.41, 5.74) is 1.65. The summed E-state index contributed by atoms with van der Waals surface area (Å²) >= 11 is 0. The van der Waals surface area contributed by atoms with Gasteiger partial charge in [0, 0.05) is 45.6 Å². The van der Waals surface area contributed by atoms with Crippen LogP contribution in [0.5, 0.6) is 0 Å². The summed E-state index contributed by atoms with van der Waals surface area (Å²) in [6.07, 6.45) is 3.86. The Kier molecular flexibility index (Phi) is 10.9. The number of carbonyl (C=O) groups excluding carboxylic acids is 1. The number of guanidine groups is 1. The first kappa shape index (κ1) is 24.7. The van der Waals surface area contributed by atoms with Gasteiger partial charge in [-0.15, -0.1) is 24.0 Å². The average molecular weight is 500 g/mol. The first-order chi connectivity index (χ1) is 12.9. The SMILES string of the molecule is CN=C(NCCCC(C)(C)C)NCC1CC(=O)N(CCc2ccccc2)C1.I. The summed E-state index contributed by atoms with van der Waals surface area (Å²) in [6.45, 7) is 10.1. The van der Waals surface area contributed by atoms with Crippen molar-refractivity contribution in [2.75, 3.05) is 33.2 Å². The summed E-state index contributed by atoms with van der Waals surface area (Å²) < 4.78 is 0. The van der Waals surface area contributed by atoms with E-state index in [0.29, 0.717) is 17.8 Å². The predicted molar refractivity (Wildman–Crippen MR) is 128 cm³/mol. The van der Waals surface area contributed by atoms with Crippen molar-refractivity contribution in [1.29, 1.82) is 0 Å². The Balaban J connectivity index is 0.00000392. The molecule has 1 aliphatic heterocycles. The number of amides is 1. The second-order valence-electron chi connectivity index (χ2n) is 8.69. The number of carbonyl (C=O) groups is 1. The number of hydrogen-bond donors (Lipinski definition) is 2. The number of likely N-dealkylation sites (tertiary alicyclic amines) is 1. The van der Waals surface area contributed by atoms with Gasteiger partial charge in [0.2, 0.25) is 5.91 Å². The molecule has 5 nitrogen and oxygen atoms in total. The van der Waals surface area contributed by atoms with Gasteiger partial charge in [0.05, 0.1) is 0 Å². The number of halogens is 1. The van der Waals surface area contributed by atoms with Crippen LogP contribution in [0.3, 0.4) is 0 Å². The Morgan fingerprint density at radius 3 is 2.57 bits per heavy atom. The fourth-order valence-electron chi connectivity index (χ4n) is 3.40. The number of rotatable bonds is 8. The minimum absolute atomic E-state index is 0. The molecule has 1 aliphatic rings. The van der Waals surface area contributed by atoms with Gasteiger partial charge in [-0.1, -0.05) is 51.1 Å². The lowest BCUT2D eigenvalue weighted by Crippen LogP contribution is -2.40. The van der Waals surface area contributed by atoms with E-state index in [2.05, 4.69) is 48.5 Å². The molecule has 0 radical (unpaired) electrons. The highest BCUT2D eigenvalue weighted by molar-refractivity contribution is 14.0. The van der Waals surface area contributed by atoms with E-state index in [4.69, 9.17) is 0 Å². The largest absolute Gasteiger partial charge is 0.356 e. The lowest BCUT2D eigenvalue weighted by Gasteiger charge is -2.19. The Labute approximate surface area is 187 Å². The van der Waals surface area contributed by atoms with Crippen molar-refractivity contribution in [3.05, 3.63) is 35.9 Å². The van der Waals surface area contributed by atoms with E-state index in [1.54, 1.807) is 7.05 Å². The molecule has 1 aromatic carbocycles. The third kappa shape index (κ3) is 9.26. The molecule has 0 aliphatic carbocycles. The van der Waals surface area contributed by atoms with Gasteiger partial charge in [0.15, 0.2) is 5.96 Å². The van der Waals surface area contributed by atoms with Gasteiger partial charge in [0.25, 0.3) is 0 Å². The fourth-order valence-corrected chi connectivity index (χ4v) is 3.40. The third-order valence-corrected chi connectivity index (χ3v) is 4.99. The topological polar surface area (TPSA) is 56.7 Å². The van der Waals surface area contributed by atoms with Gasteiger partial charge in [-0.3, -0.25) is 9.79 Å². The lowest BCUT2D eigenvalue weighted by atomic mass is 9.91. The zero-order valence-corrected chi connectivity index (χ0v) is 20.2. The van der Waals surface area contributed by atoms with Crippen LogP contribution in [0.2, 0.25) is 0 Å². The molecule has 1 unspecified atom stereocenters. The first-order valence-electron chi connectivity index (χ1n) is 10.1. The van der Waals surface area contributed by atoms with Crippen molar-refractivity contribution in [3.63, 3.8) is 0 Å². The van der Waals surface area contributed by atoms with Crippen LogP contribution in [0, 0.1) is 11.3 Å². The molecule has 2 rings (SSSR count). The molecule has 28 heavy (non-hydrogen) atoms. The zero-order chi connectivity index (χ0) is 19.7. The highest BCUT2D eigenvalue weighted by Gasteiger charge is 2.29. The molecule has 1 saturated heterocycles. The molecular weight excluding hydrogens is 463 g/mol. The Morgan fingerprint density at radius 1 is 1.21 bits per heavy atom. The molecule has 1 aromatic rings. The number of nitrogens with zero attached hydrogens (tertiary/aromatic N) is 2. The zero-order valence-electron chi connectivity index (χ0n) is 17.8. The van der Waals surface area contributed by atoms with Gasteiger partial charge < -0.3 is 15.5 Å². The van der Waals surface area contributed by atoms with Gasteiger partial charge in [-0.25, -0.2) is 0 Å². The van der Waals surface area contributed by atoms with E-state index in [1.807, 2.05) is 23.1 Å². The van der Waals surface area contributed by atoms with E-state index in [0.717, 1.165) is 45.0 Å². The second-order valence-corrected chi connectivity index (χ2v) is 8.69. The van der Waals surface area contributed by atoms with Crippen molar-refractivity contribution >= 4 is 35.8 Å². The Hall–Kier alpha value is -1.31. The minimum Gasteiger partial charge on any atom is -0.356 e. The molecule has 1 atom stereocenters. The summed E-state index contributed by atoms with van der Waals surface area (Å²) in [7, 11) is 1.80. The molecular formula is C22H37IN4O. The number of benzene rings is 1. The second kappa shape index (κ2) is 12.3. The maximum absolute atomic E-state index is 12.3. The number of nitrogens with one attached hydrogen (secondary N) is 2. The van der Waals surface area contributed by atoms with Crippen LogP contribution >= 0.6 is 24.0 Å². The van der Waals surface area contributed by atoms with Crippen LogP contribution in [-0.2, 0) is 11.2 Å². The Morgan fingerprint density at radius 2 is 1.93 bits per heavy atom. The standard InChI is InChI=1S/C22H36N4O.HI/c1-22(2,3)12-8-13-24-21(23-4)25-16-19-15-20(27)26(17-19)14-11-18-9-6-5-7-10-18;/h5-7,9-10,19H,8,11-17H2,1-4H3,(H2,23,24,25);1H. The molecule has 0 saturated carbocycles. The van der Waals surface area contributed by atoms with Gasteiger partial charge in [-0.05, 0) is 30.2 Å². The maximum atomic E-state index is 12.3. The van der Waals surface area contributed by atoms with Gasteiger partial charge in [-0.2, -0.15) is 0 Å². The van der Waals surface area contributed by atoms with Crippen LogP contribution in [0.4, 0.5) is 0 Å². The molecule has 0 spiro atoms. The summed E-state index contributed by atoms with van der Waals surface area (Å²) in [6, 6.07) is 10.4. The molecule has 1 heterocycles. The van der Waals surface area contributed by atoms with E-state index in [1.165, 1.54) is 12.0 Å². The van der Waals surface area contributed by atoms with Crippen molar-refractivity contribution in [3.8, 4) is 0 Å². The monoisotopic (exact) mass is 500 g/mol. The number of aliphatic imine (C=N–C) groups is 1. The van der Waals surface area contributed by atoms with Crippen molar-refractivity contribution in [2.24, 2.45) is 16.3 Å². The van der Waals surface area contributed by atoms with E-state index >= 15 is 0 Å². The maximum Gasteiger partial charge on any atom is 0.223 e. The quantitative estimate of drug-likeness (QED) is 0.248. The van der Waals surface area contributed by atoms with Crippen LogP contribution in [0.15, 0.2) is 35.3 Å². The summed E-state index contributed by atoms with van der Waals surface area (Å²) in [5.74, 6) is 1.45. The Bertz CT molecular complexity index is 613. The van der Waals surface area contributed by atoms with E-state index < -0.39 is 0 Å². The molecule has 158 valence electrons. The first-order valence-corrected chi connectivity index (χ1v) is 10.1. The van der Waals surface area contributed by atoms with E-state index in [-0.39, 0.29) is 29.9 Å². The van der Waals surface area contributed by atoms with Crippen LogP contribution in [-0.4, -0.2) is 50.0 Å². The van der Waals surface area contributed by atoms with Gasteiger partial charge >= 0.3 is 0 Å². The van der Waals surface area contributed by atoms with Crippen LogP contribution < -0.4 is 10.6 Å². The molecule has 1 fully saturated rings.